The summed E-state index contributed by atoms with van der Waals surface area (Å²) < 4.78 is 0. The van der Waals surface area contributed by atoms with E-state index in [9.17, 15) is 4.79 Å². The average Bonchev–Trinajstić information content (AvgIpc) is 2.52. The SMILES string of the molecule is CCc1cc(=O)[nH]c(-c2ccc(NC[C@H](C)CO)nc2)n1. The van der Waals surface area contributed by atoms with Crippen LogP contribution in [0.3, 0.4) is 0 Å². The first-order valence-electron chi connectivity index (χ1n) is 7.03. The Morgan fingerprint density at radius 2 is 2.24 bits per heavy atom. The van der Waals surface area contributed by atoms with E-state index in [2.05, 4.69) is 20.3 Å². The van der Waals surface area contributed by atoms with Crippen LogP contribution in [0.25, 0.3) is 11.4 Å². The highest BCUT2D eigenvalue weighted by molar-refractivity contribution is 5.55. The molecule has 2 aromatic rings. The van der Waals surface area contributed by atoms with Crippen molar-refractivity contribution in [3.05, 3.63) is 40.4 Å². The standard InChI is InChI=1S/C15H20N4O2/c1-3-12-6-14(21)19-15(18-12)11-4-5-13(17-8-11)16-7-10(2)9-20/h4-6,8,10,20H,3,7,9H2,1-2H3,(H,16,17)(H,18,19,21)/t10-/m0/s1. The van der Waals surface area contributed by atoms with Crippen molar-refractivity contribution in [3.63, 3.8) is 0 Å². The van der Waals surface area contributed by atoms with E-state index in [1.807, 2.05) is 26.0 Å². The summed E-state index contributed by atoms with van der Waals surface area (Å²) in [6.07, 6.45) is 2.38. The van der Waals surface area contributed by atoms with Crippen LogP contribution < -0.4 is 10.9 Å². The van der Waals surface area contributed by atoms with Gasteiger partial charge in [0.05, 0.1) is 0 Å². The number of aliphatic hydroxyl groups excluding tert-OH is 1. The fourth-order valence-corrected chi connectivity index (χ4v) is 1.81. The first kappa shape index (κ1) is 15.2. The van der Waals surface area contributed by atoms with Crippen LogP contribution in [-0.4, -0.2) is 33.2 Å². The number of hydrogen-bond donors (Lipinski definition) is 3. The number of anilines is 1. The summed E-state index contributed by atoms with van der Waals surface area (Å²) in [6.45, 7) is 4.70. The van der Waals surface area contributed by atoms with E-state index < -0.39 is 0 Å². The van der Waals surface area contributed by atoms with E-state index >= 15 is 0 Å². The molecule has 0 aliphatic heterocycles. The van der Waals surface area contributed by atoms with Crippen molar-refractivity contribution in [1.29, 1.82) is 0 Å². The zero-order valence-corrected chi connectivity index (χ0v) is 12.3. The van der Waals surface area contributed by atoms with Gasteiger partial charge in [0, 0.05) is 36.7 Å². The van der Waals surface area contributed by atoms with Crippen LogP contribution in [0.2, 0.25) is 0 Å². The molecule has 0 fully saturated rings. The number of aromatic amines is 1. The Hall–Kier alpha value is -2.21. The normalized spacial score (nSPS) is 12.1. The van der Waals surface area contributed by atoms with E-state index in [1.54, 1.807) is 6.20 Å². The van der Waals surface area contributed by atoms with Gasteiger partial charge in [0.2, 0.25) is 0 Å². The molecule has 0 saturated carbocycles. The van der Waals surface area contributed by atoms with Gasteiger partial charge in [-0.3, -0.25) is 4.79 Å². The number of aryl methyl sites for hydroxylation is 1. The number of nitrogens with zero attached hydrogens (tertiary/aromatic N) is 2. The molecule has 0 aromatic carbocycles. The largest absolute Gasteiger partial charge is 0.396 e. The van der Waals surface area contributed by atoms with Crippen LogP contribution >= 0.6 is 0 Å². The molecule has 0 spiro atoms. The van der Waals surface area contributed by atoms with Crippen LogP contribution in [0.5, 0.6) is 0 Å². The van der Waals surface area contributed by atoms with Gasteiger partial charge in [0.1, 0.15) is 11.6 Å². The number of pyridine rings is 1. The Bertz CT molecular complexity index is 637. The Labute approximate surface area is 123 Å². The van der Waals surface area contributed by atoms with Gasteiger partial charge in [0.25, 0.3) is 5.56 Å². The predicted octanol–water partition coefficient (Wildman–Crippen LogP) is 1.43. The summed E-state index contributed by atoms with van der Waals surface area (Å²) in [5, 5.41) is 12.1. The fourth-order valence-electron chi connectivity index (χ4n) is 1.81. The van der Waals surface area contributed by atoms with Crippen molar-refractivity contribution in [2.45, 2.75) is 20.3 Å². The summed E-state index contributed by atoms with van der Waals surface area (Å²) in [5.41, 5.74) is 1.37. The number of nitrogens with one attached hydrogen (secondary N) is 2. The molecule has 0 bridgehead atoms. The van der Waals surface area contributed by atoms with Crippen molar-refractivity contribution < 1.29 is 5.11 Å². The zero-order valence-electron chi connectivity index (χ0n) is 12.3. The Morgan fingerprint density at radius 3 is 2.86 bits per heavy atom. The summed E-state index contributed by atoms with van der Waals surface area (Å²) >= 11 is 0. The second kappa shape index (κ2) is 6.99. The summed E-state index contributed by atoms with van der Waals surface area (Å²) in [7, 11) is 0. The first-order chi connectivity index (χ1) is 10.1. The molecule has 0 radical (unpaired) electrons. The van der Waals surface area contributed by atoms with Gasteiger partial charge >= 0.3 is 0 Å². The second-order valence-corrected chi connectivity index (χ2v) is 5.04. The summed E-state index contributed by atoms with van der Waals surface area (Å²) in [5.74, 6) is 1.43. The summed E-state index contributed by atoms with van der Waals surface area (Å²) in [4.78, 5) is 23.0. The van der Waals surface area contributed by atoms with Crippen molar-refractivity contribution in [2.24, 2.45) is 5.92 Å². The van der Waals surface area contributed by atoms with Crippen LogP contribution in [0.4, 0.5) is 5.82 Å². The number of aliphatic hydroxyl groups is 1. The highest BCUT2D eigenvalue weighted by atomic mass is 16.3. The van der Waals surface area contributed by atoms with E-state index in [4.69, 9.17) is 5.11 Å². The van der Waals surface area contributed by atoms with Crippen molar-refractivity contribution in [3.8, 4) is 11.4 Å². The molecule has 0 saturated heterocycles. The molecular weight excluding hydrogens is 268 g/mol. The zero-order chi connectivity index (χ0) is 15.2. The van der Waals surface area contributed by atoms with E-state index in [0.717, 1.165) is 17.1 Å². The minimum Gasteiger partial charge on any atom is -0.396 e. The molecule has 2 heterocycles. The lowest BCUT2D eigenvalue weighted by Gasteiger charge is -2.10. The van der Waals surface area contributed by atoms with Crippen LogP contribution in [-0.2, 0) is 6.42 Å². The summed E-state index contributed by atoms with van der Waals surface area (Å²) in [6, 6.07) is 5.19. The molecular formula is C15H20N4O2. The van der Waals surface area contributed by atoms with Crippen LogP contribution in [0.1, 0.15) is 19.5 Å². The third-order valence-electron chi connectivity index (χ3n) is 3.14. The Kier molecular flexibility index (Phi) is 5.05. The number of aromatic nitrogens is 3. The number of rotatable bonds is 6. The minimum absolute atomic E-state index is 0.139. The van der Waals surface area contributed by atoms with Gasteiger partial charge in [-0.2, -0.15) is 0 Å². The second-order valence-electron chi connectivity index (χ2n) is 5.04. The number of H-pyrrole nitrogens is 1. The molecule has 6 heteroatoms. The quantitative estimate of drug-likeness (QED) is 0.748. The smallest absolute Gasteiger partial charge is 0.251 e. The lowest BCUT2D eigenvalue weighted by molar-refractivity contribution is 0.244. The molecule has 21 heavy (non-hydrogen) atoms. The lowest BCUT2D eigenvalue weighted by Crippen LogP contribution is -2.15. The van der Waals surface area contributed by atoms with Crippen molar-refractivity contribution in [2.75, 3.05) is 18.5 Å². The maximum absolute atomic E-state index is 11.6. The predicted molar refractivity (Wildman–Crippen MR) is 82.2 cm³/mol. The van der Waals surface area contributed by atoms with Gasteiger partial charge in [-0.05, 0) is 24.5 Å². The molecule has 112 valence electrons. The van der Waals surface area contributed by atoms with Crippen LogP contribution in [0, 0.1) is 5.92 Å². The van der Waals surface area contributed by atoms with Crippen molar-refractivity contribution >= 4 is 5.82 Å². The third-order valence-corrected chi connectivity index (χ3v) is 3.14. The topological polar surface area (TPSA) is 90.9 Å². The van der Waals surface area contributed by atoms with Gasteiger partial charge in [0.15, 0.2) is 0 Å². The number of hydrogen-bond acceptors (Lipinski definition) is 5. The maximum atomic E-state index is 11.6. The minimum atomic E-state index is -0.157. The molecule has 3 N–H and O–H groups in total. The van der Waals surface area contributed by atoms with Crippen molar-refractivity contribution in [1.82, 2.24) is 15.0 Å². The first-order valence-corrected chi connectivity index (χ1v) is 7.03. The molecule has 2 rings (SSSR count). The Balaban J connectivity index is 2.15. The van der Waals surface area contributed by atoms with Gasteiger partial charge in [-0.15, -0.1) is 0 Å². The Morgan fingerprint density at radius 1 is 1.43 bits per heavy atom. The van der Waals surface area contributed by atoms with Gasteiger partial charge in [-0.1, -0.05) is 13.8 Å². The van der Waals surface area contributed by atoms with E-state index in [1.165, 1.54) is 6.07 Å². The monoisotopic (exact) mass is 288 g/mol. The van der Waals surface area contributed by atoms with Gasteiger partial charge in [-0.25, -0.2) is 9.97 Å². The van der Waals surface area contributed by atoms with E-state index in [-0.39, 0.29) is 18.1 Å². The molecule has 2 aromatic heterocycles. The molecule has 0 unspecified atom stereocenters. The average molecular weight is 288 g/mol. The highest BCUT2D eigenvalue weighted by Gasteiger charge is 2.05. The van der Waals surface area contributed by atoms with E-state index in [0.29, 0.717) is 18.8 Å². The van der Waals surface area contributed by atoms with Gasteiger partial charge < -0.3 is 15.4 Å². The fraction of sp³-hybridized carbons (Fsp3) is 0.400. The highest BCUT2D eigenvalue weighted by Crippen LogP contribution is 2.15. The molecule has 0 amide bonds. The van der Waals surface area contributed by atoms with Crippen LogP contribution in [0.15, 0.2) is 29.2 Å². The molecule has 0 aliphatic rings. The molecule has 1 atom stereocenters. The maximum Gasteiger partial charge on any atom is 0.251 e. The third kappa shape index (κ3) is 4.13. The lowest BCUT2D eigenvalue weighted by atomic mass is 10.2. The molecule has 6 nitrogen and oxygen atoms in total. The molecule has 0 aliphatic carbocycles.